The molecule has 0 fully saturated rings. The van der Waals surface area contributed by atoms with E-state index in [1.165, 1.54) is 6.26 Å². The van der Waals surface area contributed by atoms with Gasteiger partial charge >= 0.3 is 6.03 Å². The molecule has 0 radical (unpaired) electrons. The fourth-order valence-electron chi connectivity index (χ4n) is 2.68. The number of urea groups is 1. The predicted octanol–water partition coefficient (Wildman–Crippen LogP) is 3.09. The highest BCUT2D eigenvalue weighted by Crippen LogP contribution is 2.19. The van der Waals surface area contributed by atoms with Crippen molar-refractivity contribution in [1.29, 1.82) is 0 Å². The van der Waals surface area contributed by atoms with Crippen LogP contribution in [-0.4, -0.2) is 37.6 Å². The van der Waals surface area contributed by atoms with E-state index in [2.05, 4.69) is 10.3 Å². The molecule has 2 rings (SSSR count). The smallest absolute Gasteiger partial charge is 0.317 e. The van der Waals surface area contributed by atoms with Crippen molar-refractivity contribution in [2.75, 3.05) is 13.3 Å². The van der Waals surface area contributed by atoms with Crippen LogP contribution >= 0.6 is 0 Å². The molecule has 1 N–H and O–H groups in total. The highest BCUT2D eigenvalue weighted by Gasteiger charge is 2.17. The Balaban J connectivity index is 2.05. The van der Waals surface area contributed by atoms with Gasteiger partial charge in [0.25, 0.3) is 0 Å². The highest BCUT2D eigenvalue weighted by molar-refractivity contribution is 7.90. The number of nitrogens with one attached hydrogen (secondary N) is 1. The first-order valence-corrected chi connectivity index (χ1v) is 10.3. The highest BCUT2D eigenvalue weighted by atomic mass is 32.2. The van der Waals surface area contributed by atoms with E-state index in [-0.39, 0.29) is 17.0 Å². The fourth-order valence-corrected chi connectivity index (χ4v) is 3.31. The van der Waals surface area contributed by atoms with Gasteiger partial charge in [-0.1, -0.05) is 19.1 Å². The van der Waals surface area contributed by atoms with Crippen LogP contribution in [0.25, 0.3) is 0 Å². The maximum Gasteiger partial charge on any atom is 0.317 e. The van der Waals surface area contributed by atoms with Gasteiger partial charge in [0, 0.05) is 31.7 Å². The maximum atomic E-state index is 12.5. The van der Waals surface area contributed by atoms with Gasteiger partial charge in [-0.25, -0.2) is 13.2 Å². The molecule has 0 unspecified atom stereocenters. The molecule has 0 saturated heterocycles. The summed E-state index contributed by atoms with van der Waals surface area (Å²) < 4.78 is 23.1. The zero-order valence-electron chi connectivity index (χ0n) is 15.6. The Labute approximate surface area is 155 Å². The van der Waals surface area contributed by atoms with E-state index in [9.17, 15) is 13.2 Å². The molecule has 1 atom stereocenters. The van der Waals surface area contributed by atoms with Crippen molar-refractivity contribution in [3.05, 3.63) is 59.4 Å². The fraction of sp³-hybridized carbons (Fsp3) is 0.368. The summed E-state index contributed by atoms with van der Waals surface area (Å²) in [6, 6.07) is 10.1. The molecule has 1 aromatic heterocycles. The SMILES string of the molecule is CC[C@H](NC(=O)N(C)Cc1ccnc(C)c1)c1ccc(S(C)(=O)=O)cc1. The third-order valence-electron chi connectivity index (χ3n) is 4.14. The second kappa shape index (κ2) is 8.31. The molecule has 6 nitrogen and oxygen atoms in total. The number of hydrogen-bond donors (Lipinski definition) is 1. The third kappa shape index (κ3) is 5.29. The Bertz CT molecular complexity index is 864. The molecular formula is C19H25N3O3S. The lowest BCUT2D eigenvalue weighted by Crippen LogP contribution is -2.38. The minimum Gasteiger partial charge on any atom is -0.331 e. The molecule has 140 valence electrons. The Morgan fingerprint density at radius 1 is 1.23 bits per heavy atom. The number of aryl methyl sites for hydroxylation is 1. The van der Waals surface area contributed by atoms with E-state index < -0.39 is 9.84 Å². The Morgan fingerprint density at radius 3 is 2.42 bits per heavy atom. The van der Waals surface area contributed by atoms with Crippen LogP contribution in [0, 0.1) is 6.92 Å². The molecule has 1 aromatic carbocycles. The van der Waals surface area contributed by atoms with Crippen molar-refractivity contribution in [3.63, 3.8) is 0 Å². The number of nitrogens with zero attached hydrogens (tertiary/aromatic N) is 2. The van der Waals surface area contributed by atoms with E-state index in [1.54, 1.807) is 42.4 Å². The quantitative estimate of drug-likeness (QED) is 0.841. The number of sulfone groups is 1. The lowest BCUT2D eigenvalue weighted by Gasteiger charge is -2.23. The molecule has 0 saturated carbocycles. The number of benzene rings is 1. The first-order chi connectivity index (χ1) is 12.2. The van der Waals surface area contributed by atoms with Crippen molar-refractivity contribution in [3.8, 4) is 0 Å². The number of carbonyl (C=O) groups excluding carboxylic acids is 1. The zero-order valence-corrected chi connectivity index (χ0v) is 16.4. The number of amides is 2. The minimum atomic E-state index is -3.23. The lowest BCUT2D eigenvalue weighted by molar-refractivity contribution is 0.202. The standard InChI is InChI=1S/C19H25N3O3S/c1-5-18(16-6-8-17(9-7-16)26(4,24)25)21-19(23)22(3)13-15-10-11-20-14(2)12-15/h6-12,18H,5,13H2,1-4H3,(H,21,23)/t18-/m0/s1. The summed E-state index contributed by atoms with van der Waals surface area (Å²) in [5, 5.41) is 3.00. The number of carbonyl (C=O) groups is 1. The molecule has 0 spiro atoms. The summed E-state index contributed by atoms with van der Waals surface area (Å²) >= 11 is 0. The Hall–Kier alpha value is -2.41. The van der Waals surface area contributed by atoms with Gasteiger partial charge in [0.15, 0.2) is 9.84 Å². The number of aromatic nitrogens is 1. The third-order valence-corrected chi connectivity index (χ3v) is 5.27. The van der Waals surface area contributed by atoms with E-state index in [0.29, 0.717) is 13.0 Å². The van der Waals surface area contributed by atoms with E-state index >= 15 is 0 Å². The number of rotatable bonds is 6. The van der Waals surface area contributed by atoms with E-state index in [1.807, 2.05) is 26.0 Å². The zero-order chi connectivity index (χ0) is 19.3. The molecule has 0 aliphatic carbocycles. The van der Waals surface area contributed by atoms with E-state index in [4.69, 9.17) is 0 Å². The Morgan fingerprint density at radius 2 is 1.88 bits per heavy atom. The topological polar surface area (TPSA) is 79.4 Å². The van der Waals surface area contributed by atoms with Crippen molar-refractivity contribution in [1.82, 2.24) is 15.2 Å². The molecular weight excluding hydrogens is 350 g/mol. The van der Waals surface area contributed by atoms with E-state index in [0.717, 1.165) is 16.8 Å². The van der Waals surface area contributed by atoms with Gasteiger partial charge in [-0.15, -0.1) is 0 Å². The molecule has 0 bridgehead atoms. The van der Waals surface area contributed by atoms with Crippen molar-refractivity contribution >= 4 is 15.9 Å². The van der Waals surface area contributed by atoms with Crippen LogP contribution in [0.5, 0.6) is 0 Å². The summed E-state index contributed by atoms with van der Waals surface area (Å²) in [5.74, 6) is 0. The molecule has 0 aliphatic rings. The van der Waals surface area contributed by atoms with Gasteiger partial charge < -0.3 is 10.2 Å². The summed E-state index contributed by atoms with van der Waals surface area (Å²) in [7, 11) is -1.49. The first-order valence-electron chi connectivity index (χ1n) is 8.44. The summed E-state index contributed by atoms with van der Waals surface area (Å²) in [5.41, 5.74) is 2.80. The van der Waals surface area contributed by atoms with Crippen LogP contribution in [0.15, 0.2) is 47.5 Å². The average Bonchev–Trinajstić information content (AvgIpc) is 2.58. The summed E-state index contributed by atoms with van der Waals surface area (Å²) in [6.45, 7) is 4.37. The van der Waals surface area contributed by atoms with Gasteiger partial charge in [-0.2, -0.15) is 0 Å². The van der Waals surface area contributed by atoms with Gasteiger partial charge in [-0.05, 0) is 48.7 Å². The van der Waals surface area contributed by atoms with Crippen molar-refractivity contribution in [2.45, 2.75) is 37.8 Å². The van der Waals surface area contributed by atoms with Crippen LogP contribution in [0.2, 0.25) is 0 Å². The molecule has 26 heavy (non-hydrogen) atoms. The summed E-state index contributed by atoms with van der Waals surface area (Å²) in [4.78, 5) is 18.5. The molecule has 2 aromatic rings. The van der Waals surface area contributed by atoms with Crippen LogP contribution in [-0.2, 0) is 16.4 Å². The van der Waals surface area contributed by atoms with Crippen LogP contribution in [0.3, 0.4) is 0 Å². The van der Waals surface area contributed by atoms with Gasteiger partial charge in [0.05, 0.1) is 10.9 Å². The average molecular weight is 375 g/mol. The van der Waals surface area contributed by atoms with Crippen molar-refractivity contribution in [2.24, 2.45) is 0 Å². The van der Waals surface area contributed by atoms with Gasteiger partial charge in [-0.3, -0.25) is 4.98 Å². The van der Waals surface area contributed by atoms with Gasteiger partial charge in [0.2, 0.25) is 0 Å². The molecule has 0 aliphatic heterocycles. The van der Waals surface area contributed by atoms with Gasteiger partial charge in [0.1, 0.15) is 0 Å². The maximum absolute atomic E-state index is 12.5. The second-order valence-electron chi connectivity index (χ2n) is 6.41. The number of hydrogen-bond acceptors (Lipinski definition) is 4. The largest absolute Gasteiger partial charge is 0.331 e. The number of pyridine rings is 1. The second-order valence-corrected chi connectivity index (χ2v) is 8.43. The van der Waals surface area contributed by atoms with Crippen LogP contribution < -0.4 is 5.32 Å². The Kier molecular flexibility index (Phi) is 6.37. The van der Waals surface area contributed by atoms with Crippen molar-refractivity contribution < 1.29 is 13.2 Å². The monoisotopic (exact) mass is 375 g/mol. The normalized spacial score (nSPS) is 12.5. The molecule has 2 amide bonds. The minimum absolute atomic E-state index is 0.182. The molecule has 1 heterocycles. The summed E-state index contributed by atoms with van der Waals surface area (Å²) in [6.07, 6.45) is 3.61. The lowest BCUT2D eigenvalue weighted by atomic mass is 10.1. The predicted molar refractivity (Wildman–Crippen MR) is 102 cm³/mol. The molecule has 7 heteroatoms. The first kappa shape index (κ1) is 19.9. The van der Waals surface area contributed by atoms with Crippen LogP contribution in [0.4, 0.5) is 4.79 Å². The van der Waals surface area contributed by atoms with Crippen LogP contribution in [0.1, 0.15) is 36.2 Å².